The number of nitrogens with zero attached hydrogens (tertiary/aromatic N) is 2. The highest BCUT2D eigenvalue weighted by atomic mass is 16.5. The van der Waals surface area contributed by atoms with Crippen LogP contribution < -0.4 is 10.2 Å². The Labute approximate surface area is 149 Å². The van der Waals surface area contributed by atoms with Crippen LogP contribution in [0.5, 0.6) is 0 Å². The Hall–Kier alpha value is -3.35. The minimum atomic E-state index is -0.194. The van der Waals surface area contributed by atoms with E-state index in [4.69, 9.17) is 8.94 Å². The fourth-order valence-electron chi connectivity index (χ4n) is 3.07. The summed E-state index contributed by atoms with van der Waals surface area (Å²) < 4.78 is 10.2. The normalized spacial score (nSPS) is 12.9. The summed E-state index contributed by atoms with van der Waals surface area (Å²) in [6.07, 6.45) is 2.38. The number of aryl methyl sites for hydroxylation is 1. The molecule has 0 atom stereocenters. The molecule has 4 rings (SSSR count). The zero-order valence-corrected chi connectivity index (χ0v) is 14.2. The summed E-state index contributed by atoms with van der Waals surface area (Å²) in [5, 5.41) is 6.66. The monoisotopic (exact) mass is 351 g/mol. The van der Waals surface area contributed by atoms with Gasteiger partial charge in [-0.05, 0) is 43.2 Å². The molecule has 1 aliphatic rings. The maximum absolute atomic E-state index is 12.6. The van der Waals surface area contributed by atoms with Gasteiger partial charge in [0, 0.05) is 24.0 Å². The van der Waals surface area contributed by atoms with Gasteiger partial charge in [-0.15, -0.1) is 0 Å². The van der Waals surface area contributed by atoms with Crippen molar-refractivity contribution in [3.05, 3.63) is 65.4 Å². The number of nitrogens with one attached hydrogen (secondary N) is 1. The average molecular weight is 351 g/mol. The highest BCUT2D eigenvalue weighted by Crippen LogP contribution is 2.32. The van der Waals surface area contributed by atoms with Gasteiger partial charge >= 0.3 is 0 Å². The van der Waals surface area contributed by atoms with Crippen LogP contribution in [-0.2, 0) is 17.6 Å². The molecule has 0 fully saturated rings. The van der Waals surface area contributed by atoms with Crippen molar-refractivity contribution in [3.8, 4) is 0 Å². The summed E-state index contributed by atoms with van der Waals surface area (Å²) in [6.45, 7) is 2.37. The summed E-state index contributed by atoms with van der Waals surface area (Å²) in [4.78, 5) is 26.5. The number of aromatic nitrogens is 1. The topological polar surface area (TPSA) is 88.6 Å². The number of carbonyl (C=O) groups excluding carboxylic acids is 2. The first-order chi connectivity index (χ1) is 12.6. The van der Waals surface area contributed by atoms with Crippen LogP contribution in [0.1, 0.15) is 27.6 Å². The molecule has 1 aliphatic heterocycles. The number of fused-ring (bicyclic) bond motifs is 1. The third-order valence-electron chi connectivity index (χ3n) is 4.26. The van der Waals surface area contributed by atoms with E-state index in [0.29, 0.717) is 29.4 Å². The minimum absolute atomic E-state index is 0.128. The molecule has 0 saturated carbocycles. The summed E-state index contributed by atoms with van der Waals surface area (Å²) in [6, 6.07) is 10.6. The van der Waals surface area contributed by atoms with E-state index >= 15 is 0 Å². The predicted octanol–water partition coefficient (Wildman–Crippen LogP) is 2.96. The van der Waals surface area contributed by atoms with Crippen LogP contribution in [0.25, 0.3) is 0 Å². The first-order valence-electron chi connectivity index (χ1n) is 8.30. The second-order valence-corrected chi connectivity index (χ2v) is 6.18. The smallest absolute Gasteiger partial charge is 0.293 e. The second kappa shape index (κ2) is 6.51. The summed E-state index contributed by atoms with van der Waals surface area (Å²) >= 11 is 0. The lowest BCUT2D eigenvalue weighted by molar-refractivity contribution is -0.115. The Bertz CT molecular complexity index is 959. The van der Waals surface area contributed by atoms with E-state index in [0.717, 1.165) is 17.7 Å². The third kappa shape index (κ3) is 3.11. The first-order valence-corrected chi connectivity index (χ1v) is 8.30. The van der Waals surface area contributed by atoms with Crippen LogP contribution in [0.4, 0.5) is 11.4 Å². The Morgan fingerprint density at radius 2 is 2.15 bits per heavy atom. The lowest BCUT2D eigenvalue weighted by Crippen LogP contribution is -2.28. The van der Waals surface area contributed by atoms with Crippen molar-refractivity contribution < 1.29 is 18.5 Å². The summed E-state index contributed by atoms with van der Waals surface area (Å²) in [7, 11) is 0. The largest absolute Gasteiger partial charge is 0.459 e. The van der Waals surface area contributed by atoms with Gasteiger partial charge in [0.2, 0.25) is 5.91 Å². The molecule has 2 amide bonds. The maximum atomic E-state index is 12.6. The minimum Gasteiger partial charge on any atom is -0.459 e. The average Bonchev–Trinajstić information content (AvgIpc) is 3.35. The Kier molecular flexibility index (Phi) is 4.04. The highest BCUT2D eigenvalue weighted by Gasteiger charge is 2.27. The van der Waals surface area contributed by atoms with Gasteiger partial charge in [0.15, 0.2) is 5.76 Å². The van der Waals surface area contributed by atoms with Crippen LogP contribution in [0.3, 0.4) is 0 Å². The van der Waals surface area contributed by atoms with Crippen molar-refractivity contribution >= 4 is 23.2 Å². The second-order valence-electron chi connectivity index (χ2n) is 6.18. The number of rotatable bonds is 4. The molecule has 7 heteroatoms. The molecular weight excluding hydrogens is 334 g/mol. The van der Waals surface area contributed by atoms with Gasteiger partial charge in [0.1, 0.15) is 5.76 Å². The highest BCUT2D eigenvalue weighted by molar-refractivity contribution is 6.06. The van der Waals surface area contributed by atoms with Crippen LogP contribution in [0.2, 0.25) is 0 Å². The molecule has 0 saturated heterocycles. The Morgan fingerprint density at radius 3 is 2.88 bits per heavy atom. The molecule has 3 aromatic rings. The quantitative estimate of drug-likeness (QED) is 0.781. The number of carbonyl (C=O) groups is 2. The molecular formula is C19H17N3O4. The van der Waals surface area contributed by atoms with Gasteiger partial charge in [-0.3, -0.25) is 9.59 Å². The van der Waals surface area contributed by atoms with Crippen molar-refractivity contribution in [2.75, 3.05) is 16.8 Å². The SMILES string of the molecule is Cc1cc(CC(=O)Nc2ccc3c(c2)N(C(=O)c2ccco2)CC3)no1. The summed E-state index contributed by atoms with van der Waals surface area (Å²) in [5.74, 6) is 0.585. The molecule has 132 valence electrons. The Balaban J connectivity index is 1.50. The standard InChI is InChI=1S/C19H17N3O4/c1-12-9-15(21-26-12)11-18(23)20-14-5-4-13-6-7-22(16(13)10-14)19(24)17-3-2-8-25-17/h2-5,8-10H,6-7,11H2,1H3,(H,20,23). The number of hydrogen-bond donors (Lipinski definition) is 1. The third-order valence-corrected chi connectivity index (χ3v) is 4.26. The molecule has 2 aromatic heterocycles. The molecule has 0 spiro atoms. The van der Waals surface area contributed by atoms with Crippen LogP contribution in [-0.4, -0.2) is 23.5 Å². The van der Waals surface area contributed by atoms with Gasteiger partial charge in [-0.1, -0.05) is 11.2 Å². The van der Waals surface area contributed by atoms with Crippen molar-refractivity contribution in [1.29, 1.82) is 0 Å². The van der Waals surface area contributed by atoms with Crippen LogP contribution in [0, 0.1) is 6.92 Å². The predicted molar refractivity (Wildman–Crippen MR) is 94.1 cm³/mol. The van der Waals surface area contributed by atoms with E-state index in [-0.39, 0.29) is 18.2 Å². The molecule has 0 unspecified atom stereocenters. The molecule has 0 aliphatic carbocycles. The zero-order valence-electron chi connectivity index (χ0n) is 14.2. The van der Waals surface area contributed by atoms with Crippen LogP contribution >= 0.6 is 0 Å². The fraction of sp³-hybridized carbons (Fsp3) is 0.211. The Morgan fingerprint density at radius 1 is 1.27 bits per heavy atom. The van der Waals surface area contributed by atoms with Crippen molar-refractivity contribution in [2.24, 2.45) is 0 Å². The zero-order chi connectivity index (χ0) is 18.1. The van der Waals surface area contributed by atoms with E-state index in [9.17, 15) is 9.59 Å². The number of furan rings is 1. The van der Waals surface area contributed by atoms with E-state index in [1.54, 1.807) is 30.0 Å². The van der Waals surface area contributed by atoms with E-state index in [2.05, 4.69) is 10.5 Å². The first kappa shape index (κ1) is 16.1. The molecule has 7 nitrogen and oxygen atoms in total. The number of anilines is 2. The maximum Gasteiger partial charge on any atom is 0.293 e. The number of amides is 2. The van der Waals surface area contributed by atoms with Gasteiger partial charge in [0.25, 0.3) is 5.91 Å². The molecule has 0 radical (unpaired) electrons. The number of benzene rings is 1. The van der Waals surface area contributed by atoms with Gasteiger partial charge in [0.05, 0.1) is 18.4 Å². The van der Waals surface area contributed by atoms with Gasteiger partial charge < -0.3 is 19.2 Å². The van der Waals surface area contributed by atoms with Crippen molar-refractivity contribution in [1.82, 2.24) is 5.16 Å². The lowest BCUT2D eigenvalue weighted by atomic mass is 10.1. The molecule has 0 bridgehead atoms. The lowest BCUT2D eigenvalue weighted by Gasteiger charge is -2.16. The molecule has 1 N–H and O–H groups in total. The van der Waals surface area contributed by atoms with Crippen molar-refractivity contribution in [3.63, 3.8) is 0 Å². The fourth-order valence-corrected chi connectivity index (χ4v) is 3.07. The van der Waals surface area contributed by atoms with Crippen molar-refractivity contribution in [2.45, 2.75) is 19.8 Å². The van der Waals surface area contributed by atoms with Gasteiger partial charge in [-0.25, -0.2) is 0 Å². The van der Waals surface area contributed by atoms with Gasteiger partial charge in [-0.2, -0.15) is 0 Å². The van der Waals surface area contributed by atoms with E-state index < -0.39 is 0 Å². The molecule has 26 heavy (non-hydrogen) atoms. The number of hydrogen-bond acceptors (Lipinski definition) is 5. The summed E-state index contributed by atoms with van der Waals surface area (Å²) in [5.41, 5.74) is 3.07. The van der Waals surface area contributed by atoms with E-state index in [1.807, 2.05) is 18.2 Å². The molecule has 1 aromatic carbocycles. The van der Waals surface area contributed by atoms with E-state index in [1.165, 1.54) is 6.26 Å². The van der Waals surface area contributed by atoms with Crippen LogP contribution in [0.15, 0.2) is 51.6 Å². The molecule has 3 heterocycles.